The molecule has 2 rings (SSSR count). The van der Waals surface area contributed by atoms with Crippen molar-refractivity contribution >= 4 is 11.9 Å². The number of hydrogen-bond acceptors (Lipinski definition) is 2. The van der Waals surface area contributed by atoms with Gasteiger partial charge in [0.1, 0.15) is 0 Å². The zero-order valence-corrected chi connectivity index (χ0v) is 12.0. The van der Waals surface area contributed by atoms with E-state index in [-0.39, 0.29) is 17.9 Å². The van der Waals surface area contributed by atoms with Gasteiger partial charge in [0, 0.05) is 13.6 Å². The highest BCUT2D eigenvalue weighted by molar-refractivity contribution is 5.86. The molecule has 0 aliphatic heterocycles. The summed E-state index contributed by atoms with van der Waals surface area (Å²) >= 11 is 0. The van der Waals surface area contributed by atoms with Crippen molar-refractivity contribution in [3.05, 3.63) is 35.9 Å². The molecule has 1 aromatic rings. The number of nitrogens with zero attached hydrogens (tertiary/aromatic N) is 1. The number of hydrogen-bond donors (Lipinski definition) is 1. The molecule has 20 heavy (non-hydrogen) atoms. The minimum Gasteiger partial charge on any atom is -0.481 e. The van der Waals surface area contributed by atoms with E-state index in [2.05, 4.69) is 0 Å². The molecule has 0 radical (unpaired) electrons. The van der Waals surface area contributed by atoms with E-state index in [4.69, 9.17) is 5.11 Å². The Balaban J connectivity index is 1.99. The van der Waals surface area contributed by atoms with Gasteiger partial charge in [-0.1, -0.05) is 37.3 Å². The first-order valence-corrected chi connectivity index (χ1v) is 6.97. The second-order valence-corrected chi connectivity index (χ2v) is 5.87. The van der Waals surface area contributed by atoms with Crippen LogP contribution in [-0.2, 0) is 16.0 Å². The average molecular weight is 275 g/mol. The Morgan fingerprint density at radius 1 is 1.30 bits per heavy atom. The summed E-state index contributed by atoms with van der Waals surface area (Å²) < 4.78 is 0. The molecule has 1 amide bonds. The minimum absolute atomic E-state index is 0.0782. The predicted octanol–water partition coefficient (Wildman–Crippen LogP) is 2.19. The number of carboxylic acid groups (broad SMARTS) is 1. The van der Waals surface area contributed by atoms with Crippen LogP contribution in [0.15, 0.2) is 30.3 Å². The number of rotatable bonds is 6. The zero-order chi connectivity index (χ0) is 14.8. The molecule has 0 bridgehead atoms. The average Bonchev–Trinajstić information content (AvgIpc) is 3.19. The van der Waals surface area contributed by atoms with Crippen molar-refractivity contribution in [2.45, 2.75) is 26.2 Å². The zero-order valence-electron chi connectivity index (χ0n) is 12.0. The van der Waals surface area contributed by atoms with E-state index >= 15 is 0 Å². The van der Waals surface area contributed by atoms with Crippen molar-refractivity contribution in [3.63, 3.8) is 0 Å². The van der Waals surface area contributed by atoms with E-state index in [9.17, 15) is 9.59 Å². The summed E-state index contributed by atoms with van der Waals surface area (Å²) in [5, 5.41) is 8.93. The molecule has 0 spiro atoms. The van der Waals surface area contributed by atoms with Gasteiger partial charge in [-0.05, 0) is 24.8 Å². The fourth-order valence-corrected chi connectivity index (χ4v) is 2.58. The Hall–Kier alpha value is -1.84. The molecule has 1 aliphatic rings. The van der Waals surface area contributed by atoms with Crippen LogP contribution in [0.1, 0.15) is 25.3 Å². The molecular formula is C16H21NO3. The normalized spacial score (nSPS) is 17.3. The third-order valence-electron chi connectivity index (χ3n) is 4.01. The van der Waals surface area contributed by atoms with E-state index in [1.807, 2.05) is 30.3 Å². The van der Waals surface area contributed by atoms with Gasteiger partial charge in [0.25, 0.3) is 0 Å². The quantitative estimate of drug-likeness (QED) is 0.865. The van der Waals surface area contributed by atoms with E-state index in [0.29, 0.717) is 0 Å². The standard InChI is InChI=1S/C16H21NO3/c1-12(14(18)19)11-17(2)15(20)16(8-9-16)10-13-6-4-3-5-7-13/h3-7,12H,8-11H2,1-2H3,(H,18,19). The SMILES string of the molecule is CC(CN(C)C(=O)C1(Cc2ccccc2)CC1)C(=O)O. The predicted molar refractivity (Wildman–Crippen MR) is 76.2 cm³/mol. The van der Waals surface area contributed by atoms with E-state index in [1.54, 1.807) is 18.9 Å². The highest BCUT2D eigenvalue weighted by Crippen LogP contribution is 2.49. The molecule has 4 nitrogen and oxygen atoms in total. The lowest BCUT2D eigenvalue weighted by Gasteiger charge is -2.25. The maximum Gasteiger partial charge on any atom is 0.308 e. The second kappa shape index (κ2) is 5.65. The number of carbonyl (C=O) groups excluding carboxylic acids is 1. The van der Waals surface area contributed by atoms with E-state index in [0.717, 1.165) is 24.8 Å². The summed E-state index contributed by atoms with van der Waals surface area (Å²) in [5.74, 6) is -1.32. The third-order valence-corrected chi connectivity index (χ3v) is 4.01. The Labute approximate surface area is 119 Å². The van der Waals surface area contributed by atoms with Crippen LogP contribution in [-0.4, -0.2) is 35.5 Å². The molecule has 1 fully saturated rings. The number of benzene rings is 1. The molecule has 0 heterocycles. The van der Waals surface area contributed by atoms with Crippen LogP contribution in [0.25, 0.3) is 0 Å². The summed E-state index contributed by atoms with van der Waals surface area (Å²) in [6, 6.07) is 9.99. The lowest BCUT2D eigenvalue weighted by Crippen LogP contribution is -2.39. The van der Waals surface area contributed by atoms with Crippen LogP contribution >= 0.6 is 0 Å². The number of amides is 1. The van der Waals surface area contributed by atoms with Crippen molar-refractivity contribution < 1.29 is 14.7 Å². The highest BCUT2D eigenvalue weighted by atomic mass is 16.4. The molecule has 1 atom stereocenters. The third kappa shape index (κ3) is 3.18. The molecular weight excluding hydrogens is 254 g/mol. The summed E-state index contributed by atoms with van der Waals surface area (Å²) in [5.41, 5.74) is 0.868. The maximum absolute atomic E-state index is 12.5. The van der Waals surface area contributed by atoms with Gasteiger partial charge < -0.3 is 10.0 Å². The number of aliphatic carboxylic acids is 1. The van der Waals surface area contributed by atoms with Gasteiger partial charge in [0.15, 0.2) is 0 Å². The molecule has 1 aliphatic carbocycles. The summed E-state index contributed by atoms with van der Waals surface area (Å²) in [4.78, 5) is 25.0. The van der Waals surface area contributed by atoms with Gasteiger partial charge in [-0.3, -0.25) is 9.59 Å². The van der Waals surface area contributed by atoms with Crippen LogP contribution in [0.4, 0.5) is 0 Å². The highest BCUT2D eigenvalue weighted by Gasteiger charge is 2.50. The van der Waals surface area contributed by atoms with Gasteiger partial charge >= 0.3 is 5.97 Å². The van der Waals surface area contributed by atoms with Crippen LogP contribution in [0.5, 0.6) is 0 Å². The Morgan fingerprint density at radius 2 is 1.90 bits per heavy atom. The largest absolute Gasteiger partial charge is 0.481 e. The van der Waals surface area contributed by atoms with Gasteiger partial charge in [-0.25, -0.2) is 0 Å². The Kier molecular flexibility index (Phi) is 4.12. The van der Waals surface area contributed by atoms with Gasteiger partial charge in [-0.2, -0.15) is 0 Å². The fourth-order valence-electron chi connectivity index (χ4n) is 2.58. The Morgan fingerprint density at radius 3 is 2.40 bits per heavy atom. The van der Waals surface area contributed by atoms with Crippen molar-refractivity contribution in [2.75, 3.05) is 13.6 Å². The van der Waals surface area contributed by atoms with Crippen molar-refractivity contribution in [2.24, 2.45) is 11.3 Å². The van der Waals surface area contributed by atoms with Crippen molar-refractivity contribution in [1.82, 2.24) is 4.90 Å². The first-order valence-electron chi connectivity index (χ1n) is 6.97. The maximum atomic E-state index is 12.5. The number of carboxylic acids is 1. The van der Waals surface area contributed by atoms with Crippen molar-refractivity contribution in [1.29, 1.82) is 0 Å². The molecule has 4 heteroatoms. The van der Waals surface area contributed by atoms with E-state index in [1.165, 1.54) is 0 Å². The van der Waals surface area contributed by atoms with E-state index < -0.39 is 11.9 Å². The van der Waals surface area contributed by atoms with Crippen LogP contribution in [0.3, 0.4) is 0 Å². The molecule has 0 saturated heterocycles. The lowest BCUT2D eigenvalue weighted by molar-refractivity contribution is -0.143. The van der Waals surface area contributed by atoms with Gasteiger partial charge in [-0.15, -0.1) is 0 Å². The smallest absolute Gasteiger partial charge is 0.308 e. The summed E-state index contributed by atoms with van der Waals surface area (Å²) in [6.07, 6.45) is 2.54. The summed E-state index contributed by atoms with van der Waals surface area (Å²) in [6.45, 7) is 1.90. The Bertz CT molecular complexity index is 494. The van der Waals surface area contributed by atoms with Gasteiger partial charge in [0.05, 0.1) is 11.3 Å². The molecule has 0 aromatic heterocycles. The monoisotopic (exact) mass is 275 g/mol. The molecule has 1 aromatic carbocycles. The van der Waals surface area contributed by atoms with Gasteiger partial charge in [0.2, 0.25) is 5.91 Å². The second-order valence-electron chi connectivity index (χ2n) is 5.87. The topological polar surface area (TPSA) is 57.6 Å². The van der Waals surface area contributed by atoms with Crippen LogP contribution in [0, 0.1) is 11.3 Å². The van der Waals surface area contributed by atoms with Crippen molar-refractivity contribution in [3.8, 4) is 0 Å². The first-order chi connectivity index (χ1) is 9.44. The van der Waals surface area contributed by atoms with Crippen LogP contribution < -0.4 is 0 Å². The minimum atomic E-state index is -0.863. The molecule has 1 unspecified atom stereocenters. The van der Waals surface area contributed by atoms with Crippen LogP contribution in [0.2, 0.25) is 0 Å². The summed E-state index contributed by atoms with van der Waals surface area (Å²) in [7, 11) is 1.70. The molecule has 1 saturated carbocycles. The fraction of sp³-hybridized carbons (Fsp3) is 0.500. The molecule has 1 N–H and O–H groups in total. The first kappa shape index (κ1) is 14.6. The lowest BCUT2D eigenvalue weighted by atomic mass is 9.94. The molecule has 108 valence electrons. The number of carbonyl (C=O) groups is 2.